The molecule has 1 aromatic carbocycles. The Labute approximate surface area is 147 Å². The predicted octanol–water partition coefficient (Wildman–Crippen LogP) is 2.45. The van der Waals surface area contributed by atoms with Gasteiger partial charge in [0.25, 0.3) is 0 Å². The maximum Gasteiger partial charge on any atom is 0.405 e. The molecule has 2 N–H and O–H groups in total. The fourth-order valence-corrected chi connectivity index (χ4v) is 2.83. The molecule has 140 valence electrons. The van der Waals surface area contributed by atoms with E-state index in [4.69, 9.17) is 4.42 Å². The number of hydrogen-bond acceptors (Lipinski definition) is 4. The Morgan fingerprint density at radius 1 is 1.15 bits per heavy atom. The molecule has 0 aliphatic heterocycles. The highest BCUT2D eigenvalue weighted by Gasteiger charge is 2.27. The van der Waals surface area contributed by atoms with Crippen LogP contribution >= 0.6 is 0 Å². The molecule has 1 amide bonds. The molecule has 10 heteroatoms. The van der Waals surface area contributed by atoms with Gasteiger partial charge in [0, 0.05) is 6.08 Å². The third-order valence-corrected chi connectivity index (χ3v) is 4.51. The van der Waals surface area contributed by atoms with Crippen molar-refractivity contribution in [2.24, 2.45) is 0 Å². The zero-order chi connectivity index (χ0) is 19.2. The third kappa shape index (κ3) is 6.37. The molecule has 0 aliphatic rings. The first kappa shape index (κ1) is 19.7. The summed E-state index contributed by atoms with van der Waals surface area (Å²) in [4.78, 5) is 11.3. The van der Waals surface area contributed by atoms with Gasteiger partial charge in [-0.15, -0.1) is 0 Å². The maximum absolute atomic E-state index is 12.1. The van der Waals surface area contributed by atoms with Crippen LogP contribution in [0, 0.1) is 0 Å². The van der Waals surface area contributed by atoms with Crippen molar-refractivity contribution < 1.29 is 30.8 Å². The lowest BCUT2D eigenvalue weighted by atomic mass is 10.2. The highest BCUT2D eigenvalue weighted by molar-refractivity contribution is 7.89. The summed E-state index contributed by atoms with van der Waals surface area (Å²) in [5.74, 6) is -0.447. The molecule has 0 bridgehead atoms. The molecule has 1 aromatic heterocycles. The molecular formula is C16H15F3N2O4S. The summed E-state index contributed by atoms with van der Waals surface area (Å²) in [7, 11) is -3.75. The van der Waals surface area contributed by atoms with Crippen LogP contribution in [-0.2, 0) is 21.4 Å². The number of carbonyl (C=O) groups is 1. The van der Waals surface area contributed by atoms with Crippen LogP contribution in [0.25, 0.3) is 6.08 Å². The number of rotatable bonds is 7. The van der Waals surface area contributed by atoms with Crippen LogP contribution < -0.4 is 10.0 Å². The summed E-state index contributed by atoms with van der Waals surface area (Å²) in [5.41, 5.74) is 0.456. The molecule has 26 heavy (non-hydrogen) atoms. The fraction of sp³-hybridized carbons (Fsp3) is 0.188. The molecule has 0 unspecified atom stereocenters. The molecule has 1 heterocycles. The van der Waals surface area contributed by atoms with Crippen molar-refractivity contribution in [3.05, 3.63) is 60.1 Å². The van der Waals surface area contributed by atoms with Gasteiger partial charge in [-0.05, 0) is 35.9 Å². The first-order chi connectivity index (χ1) is 12.2. The average molecular weight is 388 g/mol. The molecular weight excluding hydrogens is 373 g/mol. The van der Waals surface area contributed by atoms with Gasteiger partial charge in [0.05, 0.1) is 17.7 Å². The lowest BCUT2D eigenvalue weighted by Gasteiger charge is -2.06. The molecule has 0 saturated carbocycles. The first-order valence-electron chi connectivity index (χ1n) is 7.30. The van der Waals surface area contributed by atoms with Crippen molar-refractivity contribution >= 4 is 22.0 Å². The van der Waals surface area contributed by atoms with Gasteiger partial charge in [0.2, 0.25) is 15.9 Å². The van der Waals surface area contributed by atoms with E-state index < -0.39 is 28.7 Å². The number of nitrogens with one attached hydrogen (secondary N) is 2. The van der Waals surface area contributed by atoms with E-state index in [1.165, 1.54) is 36.6 Å². The maximum atomic E-state index is 12.1. The van der Waals surface area contributed by atoms with E-state index in [0.29, 0.717) is 11.3 Å². The van der Waals surface area contributed by atoms with Crippen LogP contribution in [0.2, 0.25) is 0 Å². The second kappa shape index (κ2) is 8.19. The van der Waals surface area contributed by atoms with Crippen molar-refractivity contribution in [3.63, 3.8) is 0 Å². The molecule has 0 spiro atoms. The van der Waals surface area contributed by atoms with Crippen molar-refractivity contribution in [3.8, 4) is 0 Å². The second-order valence-electron chi connectivity index (χ2n) is 5.14. The largest absolute Gasteiger partial charge is 0.468 e. The Morgan fingerprint density at radius 2 is 1.85 bits per heavy atom. The monoisotopic (exact) mass is 388 g/mol. The molecule has 0 fully saturated rings. The standard InChI is InChI=1S/C16H15F3N2O4S/c17-16(18,19)11-20-15(22)8-5-12-3-6-14(7-4-12)26(23,24)21-10-13-2-1-9-25-13/h1-9,21H,10-11H2,(H,20,22). The Balaban J connectivity index is 1.94. The summed E-state index contributed by atoms with van der Waals surface area (Å²) in [5, 5.41) is 1.69. The molecule has 0 radical (unpaired) electrons. The smallest absolute Gasteiger partial charge is 0.405 e. The Bertz CT molecular complexity index is 858. The van der Waals surface area contributed by atoms with Gasteiger partial charge in [-0.1, -0.05) is 12.1 Å². The van der Waals surface area contributed by atoms with Gasteiger partial charge < -0.3 is 9.73 Å². The topological polar surface area (TPSA) is 88.4 Å². The van der Waals surface area contributed by atoms with Crippen molar-refractivity contribution in [1.82, 2.24) is 10.0 Å². The third-order valence-electron chi connectivity index (χ3n) is 3.10. The van der Waals surface area contributed by atoms with E-state index >= 15 is 0 Å². The number of halogens is 3. The number of benzene rings is 1. The van der Waals surface area contributed by atoms with Gasteiger partial charge in [0.15, 0.2) is 0 Å². The van der Waals surface area contributed by atoms with E-state index in [0.717, 1.165) is 6.08 Å². The average Bonchev–Trinajstić information content (AvgIpc) is 3.10. The fourth-order valence-electron chi connectivity index (χ4n) is 1.84. The molecule has 2 aromatic rings. The number of amides is 1. The van der Waals surface area contributed by atoms with Crippen molar-refractivity contribution in [1.29, 1.82) is 0 Å². The lowest BCUT2D eigenvalue weighted by Crippen LogP contribution is -2.32. The number of hydrogen-bond donors (Lipinski definition) is 2. The van der Waals surface area contributed by atoms with Crippen LogP contribution in [0.5, 0.6) is 0 Å². The molecule has 6 nitrogen and oxygen atoms in total. The minimum Gasteiger partial charge on any atom is -0.468 e. The molecule has 0 atom stereocenters. The Morgan fingerprint density at radius 3 is 2.42 bits per heavy atom. The summed E-state index contributed by atoms with van der Waals surface area (Å²) in [6.45, 7) is -1.43. The van der Waals surface area contributed by atoms with Crippen LogP contribution in [0.4, 0.5) is 13.2 Å². The summed E-state index contributed by atoms with van der Waals surface area (Å²) in [6.07, 6.45) is -0.847. The van der Waals surface area contributed by atoms with Crippen molar-refractivity contribution in [2.45, 2.75) is 17.6 Å². The van der Waals surface area contributed by atoms with Crippen LogP contribution in [0.1, 0.15) is 11.3 Å². The molecule has 2 rings (SSSR count). The Kier molecular flexibility index (Phi) is 6.22. The number of carbonyl (C=O) groups excluding carboxylic acids is 1. The summed E-state index contributed by atoms with van der Waals surface area (Å²) >= 11 is 0. The SMILES string of the molecule is O=C(C=Cc1ccc(S(=O)(=O)NCc2ccco2)cc1)NCC(F)(F)F. The van der Waals surface area contributed by atoms with Gasteiger partial charge in [-0.3, -0.25) is 4.79 Å². The van der Waals surface area contributed by atoms with E-state index in [2.05, 4.69) is 4.72 Å². The van der Waals surface area contributed by atoms with Crippen molar-refractivity contribution in [2.75, 3.05) is 6.54 Å². The van der Waals surface area contributed by atoms with Crippen LogP contribution in [-0.4, -0.2) is 27.0 Å². The van der Waals surface area contributed by atoms with E-state index in [-0.39, 0.29) is 11.4 Å². The second-order valence-corrected chi connectivity index (χ2v) is 6.91. The summed E-state index contributed by atoms with van der Waals surface area (Å²) in [6, 6.07) is 8.75. The number of alkyl halides is 3. The quantitative estimate of drug-likeness (QED) is 0.713. The predicted molar refractivity (Wildman–Crippen MR) is 87.3 cm³/mol. The highest BCUT2D eigenvalue weighted by atomic mass is 32.2. The van der Waals surface area contributed by atoms with Crippen LogP contribution in [0.3, 0.4) is 0 Å². The summed E-state index contributed by atoms with van der Waals surface area (Å²) < 4.78 is 67.6. The highest BCUT2D eigenvalue weighted by Crippen LogP contribution is 2.13. The minimum atomic E-state index is -4.48. The Hall–Kier alpha value is -2.59. The van der Waals surface area contributed by atoms with E-state index in [1.807, 2.05) is 0 Å². The molecule has 0 saturated heterocycles. The van der Waals surface area contributed by atoms with Gasteiger partial charge in [-0.2, -0.15) is 13.2 Å². The number of sulfonamides is 1. The minimum absolute atomic E-state index is 0.00253. The van der Waals surface area contributed by atoms with Gasteiger partial charge in [0.1, 0.15) is 12.3 Å². The van der Waals surface area contributed by atoms with Gasteiger partial charge >= 0.3 is 6.18 Å². The normalized spacial score (nSPS) is 12.4. The van der Waals surface area contributed by atoms with E-state index in [1.54, 1.807) is 17.4 Å². The van der Waals surface area contributed by atoms with Gasteiger partial charge in [-0.25, -0.2) is 13.1 Å². The number of furan rings is 1. The van der Waals surface area contributed by atoms with E-state index in [9.17, 15) is 26.4 Å². The lowest BCUT2D eigenvalue weighted by molar-refractivity contribution is -0.135. The molecule has 0 aliphatic carbocycles. The zero-order valence-corrected chi connectivity index (χ0v) is 14.1. The first-order valence-corrected chi connectivity index (χ1v) is 8.79. The van der Waals surface area contributed by atoms with Crippen LogP contribution in [0.15, 0.2) is 58.1 Å². The zero-order valence-electron chi connectivity index (χ0n) is 13.3.